The lowest BCUT2D eigenvalue weighted by Crippen LogP contribution is -2.55. The summed E-state index contributed by atoms with van der Waals surface area (Å²) in [7, 11) is 4.09. The maximum Gasteiger partial charge on any atom is 0.191 e. The summed E-state index contributed by atoms with van der Waals surface area (Å²) >= 11 is 0. The highest BCUT2D eigenvalue weighted by molar-refractivity contribution is 5.80. The third-order valence-corrected chi connectivity index (χ3v) is 6.13. The Morgan fingerprint density at radius 3 is 2.46 bits per heavy atom. The van der Waals surface area contributed by atoms with Crippen molar-refractivity contribution in [2.45, 2.75) is 32.4 Å². The Balaban J connectivity index is 1.48. The Bertz CT molecular complexity index is 609. The van der Waals surface area contributed by atoms with Crippen LogP contribution in [0.25, 0.3) is 0 Å². The summed E-state index contributed by atoms with van der Waals surface area (Å²) < 4.78 is 0. The SMILES string of the molecule is CN=C(NCC(C(C)C)N1CCN(C)CC1)NC1CCN(c2ccccc2)C1. The van der Waals surface area contributed by atoms with Crippen LogP contribution >= 0.6 is 0 Å². The molecular formula is C22H38N6. The summed E-state index contributed by atoms with van der Waals surface area (Å²) in [6.07, 6.45) is 1.14. The van der Waals surface area contributed by atoms with Crippen molar-refractivity contribution in [3.05, 3.63) is 30.3 Å². The van der Waals surface area contributed by atoms with Gasteiger partial charge in [-0.1, -0.05) is 32.0 Å². The van der Waals surface area contributed by atoms with E-state index in [-0.39, 0.29) is 0 Å². The molecule has 0 aliphatic carbocycles. The largest absolute Gasteiger partial charge is 0.369 e. The molecule has 1 aromatic carbocycles. The van der Waals surface area contributed by atoms with Crippen LogP contribution in [0.4, 0.5) is 5.69 Å². The van der Waals surface area contributed by atoms with Crippen LogP contribution in [0.1, 0.15) is 20.3 Å². The highest BCUT2D eigenvalue weighted by atomic mass is 15.3. The first-order valence-electron chi connectivity index (χ1n) is 10.8. The third kappa shape index (κ3) is 5.61. The van der Waals surface area contributed by atoms with Crippen LogP contribution in [0.5, 0.6) is 0 Å². The lowest BCUT2D eigenvalue weighted by Gasteiger charge is -2.40. The van der Waals surface area contributed by atoms with Crippen LogP contribution < -0.4 is 15.5 Å². The minimum absolute atomic E-state index is 0.438. The molecule has 28 heavy (non-hydrogen) atoms. The molecular weight excluding hydrogens is 348 g/mol. The van der Waals surface area contributed by atoms with Gasteiger partial charge < -0.3 is 20.4 Å². The standard InChI is InChI=1S/C22H38N6/c1-18(2)21(27-14-12-26(4)13-15-27)16-24-22(23-3)25-19-10-11-28(17-19)20-8-6-5-7-9-20/h5-9,18-19,21H,10-17H2,1-4H3,(H2,23,24,25). The second-order valence-corrected chi connectivity index (χ2v) is 8.52. The van der Waals surface area contributed by atoms with Crippen molar-refractivity contribution in [1.82, 2.24) is 20.4 Å². The van der Waals surface area contributed by atoms with Crippen molar-refractivity contribution in [2.24, 2.45) is 10.9 Å². The molecule has 6 heteroatoms. The number of aliphatic imine (C=N–C) groups is 1. The van der Waals surface area contributed by atoms with Gasteiger partial charge in [-0.15, -0.1) is 0 Å². The van der Waals surface area contributed by atoms with Gasteiger partial charge >= 0.3 is 0 Å². The number of para-hydroxylation sites is 1. The van der Waals surface area contributed by atoms with Gasteiger partial charge in [0.05, 0.1) is 0 Å². The van der Waals surface area contributed by atoms with Gasteiger partial charge in [0.2, 0.25) is 0 Å². The summed E-state index contributed by atoms with van der Waals surface area (Å²) in [6.45, 7) is 12.3. The Hall–Kier alpha value is -1.79. The third-order valence-electron chi connectivity index (χ3n) is 6.13. The van der Waals surface area contributed by atoms with Crippen molar-refractivity contribution in [3.63, 3.8) is 0 Å². The molecule has 156 valence electrons. The molecule has 0 amide bonds. The monoisotopic (exact) mass is 386 g/mol. The zero-order valence-corrected chi connectivity index (χ0v) is 18.1. The molecule has 2 saturated heterocycles. The zero-order chi connectivity index (χ0) is 19.9. The number of guanidine groups is 1. The van der Waals surface area contributed by atoms with E-state index < -0.39 is 0 Å². The van der Waals surface area contributed by atoms with Crippen molar-refractivity contribution in [2.75, 3.05) is 64.8 Å². The molecule has 2 aliphatic heterocycles. The van der Waals surface area contributed by atoms with Crippen LogP contribution in [0.3, 0.4) is 0 Å². The average molecular weight is 387 g/mol. The Labute approximate surface area is 171 Å². The Morgan fingerprint density at radius 2 is 1.82 bits per heavy atom. The second kappa shape index (κ2) is 10.1. The molecule has 2 unspecified atom stereocenters. The predicted octanol–water partition coefficient (Wildman–Crippen LogP) is 1.70. The van der Waals surface area contributed by atoms with Crippen molar-refractivity contribution >= 4 is 11.6 Å². The van der Waals surface area contributed by atoms with Crippen LogP contribution in [0.2, 0.25) is 0 Å². The number of hydrogen-bond donors (Lipinski definition) is 2. The van der Waals surface area contributed by atoms with Gasteiger partial charge in [-0.3, -0.25) is 9.89 Å². The topological polar surface area (TPSA) is 46.1 Å². The first kappa shape index (κ1) is 20.9. The summed E-state index contributed by atoms with van der Waals surface area (Å²) in [4.78, 5) is 12.0. The first-order valence-corrected chi connectivity index (χ1v) is 10.8. The van der Waals surface area contributed by atoms with E-state index in [4.69, 9.17) is 0 Å². The van der Waals surface area contributed by atoms with Gasteiger partial charge in [-0.2, -0.15) is 0 Å². The van der Waals surface area contributed by atoms with E-state index in [0.717, 1.165) is 58.2 Å². The molecule has 2 atom stereocenters. The van der Waals surface area contributed by atoms with E-state index in [2.05, 4.69) is 81.6 Å². The van der Waals surface area contributed by atoms with Crippen LogP contribution in [0, 0.1) is 5.92 Å². The maximum atomic E-state index is 4.49. The number of likely N-dealkylation sites (N-methyl/N-ethyl adjacent to an activating group) is 1. The first-order chi connectivity index (χ1) is 13.6. The quantitative estimate of drug-likeness (QED) is 0.576. The normalized spacial score (nSPS) is 23.2. The van der Waals surface area contributed by atoms with Gasteiger partial charge in [-0.25, -0.2) is 0 Å². The Morgan fingerprint density at radius 1 is 1.11 bits per heavy atom. The molecule has 0 radical (unpaired) electrons. The van der Waals surface area contributed by atoms with Gasteiger partial charge in [-0.05, 0) is 31.5 Å². The van der Waals surface area contributed by atoms with E-state index in [1.807, 2.05) is 7.05 Å². The molecule has 0 spiro atoms. The van der Waals surface area contributed by atoms with Crippen LogP contribution in [-0.2, 0) is 0 Å². The molecule has 2 aliphatic rings. The van der Waals surface area contributed by atoms with Crippen LogP contribution in [-0.4, -0.2) is 87.8 Å². The number of hydrogen-bond acceptors (Lipinski definition) is 4. The number of benzene rings is 1. The van der Waals surface area contributed by atoms with Gasteiger partial charge in [0.1, 0.15) is 0 Å². The number of anilines is 1. The minimum Gasteiger partial charge on any atom is -0.369 e. The molecule has 2 N–H and O–H groups in total. The number of piperazine rings is 1. The van der Waals surface area contributed by atoms with E-state index >= 15 is 0 Å². The van der Waals surface area contributed by atoms with Gasteiger partial charge in [0.25, 0.3) is 0 Å². The minimum atomic E-state index is 0.438. The van der Waals surface area contributed by atoms with E-state index in [9.17, 15) is 0 Å². The van der Waals surface area contributed by atoms with Crippen molar-refractivity contribution < 1.29 is 0 Å². The highest BCUT2D eigenvalue weighted by Crippen LogP contribution is 2.19. The average Bonchev–Trinajstić information content (AvgIpc) is 3.17. The highest BCUT2D eigenvalue weighted by Gasteiger charge is 2.26. The number of nitrogens with one attached hydrogen (secondary N) is 2. The molecule has 0 aromatic heterocycles. The van der Waals surface area contributed by atoms with Crippen molar-refractivity contribution in [3.8, 4) is 0 Å². The number of rotatable bonds is 6. The molecule has 2 fully saturated rings. The lowest BCUT2D eigenvalue weighted by atomic mass is 10.0. The fourth-order valence-corrected chi connectivity index (χ4v) is 4.28. The second-order valence-electron chi connectivity index (χ2n) is 8.52. The maximum absolute atomic E-state index is 4.49. The van der Waals surface area contributed by atoms with Gasteiger partial charge in [0.15, 0.2) is 5.96 Å². The fourth-order valence-electron chi connectivity index (χ4n) is 4.28. The number of nitrogens with zero attached hydrogens (tertiary/aromatic N) is 4. The summed E-state index contributed by atoms with van der Waals surface area (Å²) in [5.74, 6) is 1.55. The molecule has 2 heterocycles. The molecule has 0 bridgehead atoms. The molecule has 1 aromatic rings. The molecule has 3 rings (SSSR count). The van der Waals surface area contributed by atoms with E-state index in [1.54, 1.807) is 0 Å². The zero-order valence-electron chi connectivity index (χ0n) is 18.1. The van der Waals surface area contributed by atoms with E-state index in [0.29, 0.717) is 18.0 Å². The summed E-state index contributed by atoms with van der Waals surface area (Å²) in [6, 6.07) is 11.7. The summed E-state index contributed by atoms with van der Waals surface area (Å²) in [5.41, 5.74) is 1.31. The Kier molecular flexibility index (Phi) is 7.57. The van der Waals surface area contributed by atoms with E-state index in [1.165, 1.54) is 5.69 Å². The van der Waals surface area contributed by atoms with Crippen LogP contribution in [0.15, 0.2) is 35.3 Å². The fraction of sp³-hybridized carbons (Fsp3) is 0.682. The molecule has 0 saturated carbocycles. The summed E-state index contributed by atoms with van der Waals surface area (Å²) in [5, 5.41) is 7.25. The predicted molar refractivity (Wildman–Crippen MR) is 119 cm³/mol. The van der Waals surface area contributed by atoms with Crippen molar-refractivity contribution in [1.29, 1.82) is 0 Å². The smallest absolute Gasteiger partial charge is 0.191 e. The lowest BCUT2D eigenvalue weighted by molar-refractivity contribution is 0.0900. The van der Waals surface area contributed by atoms with Gasteiger partial charge in [0, 0.05) is 70.6 Å². The molecule has 6 nitrogen and oxygen atoms in total.